The first-order valence-electron chi connectivity index (χ1n) is 8.48. The predicted octanol–water partition coefficient (Wildman–Crippen LogP) is 4.20. The van der Waals surface area contributed by atoms with E-state index >= 15 is 0 Å². The fraction of sp³-hybridized carbons (Fsp3) is 0.0476. The summed E-state index contributed by atoms with van der Waals surface area (Å²) in [4.78, 5) is 8.48. The number of benzene rings is 2. The summed E-state index contributed by atoms with van der Waals surface area (Å²) in [6, 6.07) is 18.8. The molecule has 0 radical (unpaired) electrons. The van der Waals surface area contributed by atoms with Gasteiger partial charge in [0.15, 0.2) is 0 Å². The van der Waals surface area contributed by atoms with Crippen LogP contribution in [0.2, 0.25) is 0 Å². The van der Waals surface area contributed by atoms with Crippen LogP contribution in [-0.2, 0) is 10.0 Å². The van der Waals surface area contributed by atoms with Crippen LogP contribution in [0.5, 0.6) is 5.75 Å². The van der Waals surface area contributed by atoms with Gasteiger partial charge in [0.25, 0.3) is 10.0 Å². The molecule has 142 valence electrons. The number of pyridine rings is 1. The topological polar surface area (TPSA) is 80.6 Å². The van der Waals surface area contributed by atoms with Gasteiger partial charge in [0.2, 0.25) is 0 Å². The van der Waals surface area contributed by atoms with Crippen LogP contribution in [0.3, 0.4) is 0 Å². The second-order valence-corrected chi connectivity index (χ2v) is 7.43. The van der Waals surface area contributed by atoms with Crippen molar-refractivity contribution < 1.29 is 13.2 Å². The Morgan fingerprint density at radius 1 is 1.07 bits per heavy atom. The molecule has 1 aromatic heterocycles. The summed E-state index contributed by atoms with van der Waals surface area (Å²) in [6.45, 7) is 4.05. The van der Waals surface area contributed by atoms with E-state index in [1.165, 1.54) is 18.3 Å². The Morgan fingerprint density at radius 3 is 2.61 bits per heavy atom. The Morgan fingerprint density at radius 2 is 1.89 bits per heavy atom. The maximum atomic E-state index is 12.4. The molecule has 1 heterocycles. The van der Waals surface area contributed by atoms with Crippen LogP contribution in [0, 0.1) is 0 Å². The first-order chi connectivity index (χ1) is 13.6. The van der Waals surface area contributed by atoms with Crippen LogP contribution in [0.15, 0.2) is 95.5 Å². The standard InChI is InChI=1S/C21H19N3O3S/c1-2-14-27-19-7-5-6-17(15-19)16-23-18-9-11-20(12-10-18)28(25,26)24-21-8-3-4-13-22-21/h2-13,15-16H,1,14H2,(H,22,24). The highest BCUT2D eigenvalue weighted by Crippen LogP contribution is 2.19. The van der Waals surface area contributed by atoms with Gasteiger partial charge in [0, 0.05) is 12.4 Å². The number of sulfonamides is 1. The highest BCUT2D eigenvalue weighted by Gasteiger charge is 2.14. The summed E-state index contributed by atoms with van der Waals surface area (Å²) < 4.78 is 32.7. The zero-order valence-corrected chi connectivity index (χ0v) is 15.8. The third-order valence-corrected chi connectivity index (χ3v) is 5.01. The number of anilines is 1. The van der Waals surface area contributed by atoms with Crippen molar-refractivity contribution in [3.8, 4) is 5.75 Å². The average Bonchev–Trinajstić information content (AvgIpc) is 2.72. The molecule has 6 nitrogen and oxygen atoms in total. The van der Waals surface area contributed by atoms with E-state index in [4.69, 9.17) is 4.74 Å². The van der Waals surface area contributed by atoms with Gasteiger partial charge in [-0.15, -0.1) is 0 Å². The molecule has 0 spiro atoms. The van der Waals surface area contributed by atoms with Crippen molar-refractivity contribution in [1.82, 2.24) is 4.98 Å². The van der Waals surface area contributed by atoms with Crippen LogP contribution in [0.25, 0.3) is 0 Å². The van der Waals surface area contributed by atoms with Crippen LogP contribution >= 0.6 is 0 Å². The zero-order chi connectivity index (χ0) is 19.8. The lowest BCUT2D eigenvalue weighted by molar-refractivity contribution is 0.363. The molecule has 0 aliphatic heterocycles. The summed E-state index contributed by atoms with van der Waals surface area (Å²) in [5.74, 6) is 0.994. The lowest BCUT2D eigenvalue weighted by atomic mass is 10.2. The molecule has 2 aromatic carbocycles. The fourth-order valence-corrected chi connectivity index (χ4v) is 3.33. The molecule has 0 fully saturated rings. The van der Waals surface area contributed by atoms with Crippen molar-refractivity contribution in [2.24, 2.45) is 4.99 Å². The summed E-state index contributed by atoms with van der Waals surface area (Å²) in [5, 5.41) is 0. The van der Waals surface area contributed by atoms with Gasteiger partial charge in [-0.2, -0.15) is 0 Å². The second kappa shape index (κ2) is 8.96. The van der Waals surface area contributed by atoms with Gasteiger partial charge in [-0.3, -0.25) is 9.71 Å². The third kappa shape index (κ3) is 5.28. The SMILES string of the molecule is C=CCOc1cccc(C=Nc2ccc(S(=O)(=O)Nc3ccccn3)cc2)c1. The Bertz CT molecular complexity index is 1060. The fourth-order valence-electron chi connectivity index (χ4n) is 2.32. The normalized spacial score (nSPS) is 11.3. The molecule has 0 unspecified atom stereocenters. The van der Waals surface area contributed by atoms with Gasteiger partial charge >= 0.3 is 0 Å². The van der Waals surface area contributed by atoms with Crippen molar-refractivity contribution in [2.75, 3.05) is 11.3 Å². The summed E-state index contributed by atoms with van der Waals surface area (Å²) >= 11 is 0. The summed E-state index contributed by atoms with van der Waals surface area (Å²) in [5.41, 5.74) is 1.50. The van der Waals surface area contributed by atoms with Gasteiger partial charge in [0.1, 0.15) is 18.2 Å². The van der Waals surface area contributed by atoms with E-state index in [0.29, 0.717) is 12.3 Å². The van der Waals surface area contributed by atoms with Crippen LogP contribution in [-0.4, -0.2) is 26.2 Å². The lowest BCUT2D eigenvalue weighted by Gasteiger charge is -2.07. The molecule has 3 rings (SSSR count). The van der Waals surface area contributed by atoms with E-state index in [1.807, 2.05) is 24.3 Å². The minimum Gasteiger partial charge on any atom is -0.490 e. The largest absolute Gasteiger partial charge is 0.490 e. The Balaban J connectivity index is 1.70. The van der Waals surface area contributed by atoms with Crippen molar-refractivity contribution >= 4 is 27.7 Å². The predicted molar refractivity (Wildman–Crippen MR) is 111 cm³/mol. The molecule has 1 N–H and O–H groups in total. The number of nitrogens with zero attached hydrogens (tertiary/aromatic N) is 2. The molecule has 0 bridgehead atoms. The Labute approximate surface area is 164 Å². The molecule has 0 atom stereocenters. The number of hydrogen-bond donors (Lipinski definition) is 1. The van der Waals surface area contributed by atoms with Gasteiger partial charge < -0.3 is 4.74 Å². The number of nitrogens with one attached hydrogen (secondary N) is 1. The quantitative estimate of drug-likeness (QED) is 0.459. The Kier molecular flexibility index (Phi) is 6.18. The molecule has 3 aromatic rings. The minimum absolute atomic E-state index is 0.136. The molecule has 0 saturated heterocycles. The molecule has 0 amide bonds. The minimum atomic E-state index is -3.70. The number of aliphatic imine (C=N–C) groups is 1. The smallest absolute Gasteiger partial charge is 0.263 e. The van der Waals surface area contributed by atoms with Gasteiger partial charge in [-0.1, -0.05) is 30.9 Å². The van der Waals surface area contributed by atoms with Crippen molar-refractivity contribution in [1.29, 1.82) is 0 Å². The maximum Gasteiger partial charge on any atom is 0.263 e. The number of aromatic nitrogens is 1. The lowest BCUT2D eigenvalue weighted by Crippen LogP contribution is -2.13. The van der Waals surface area contributed by atoms with Crippen molar-refractivity contribution in [2.45, 2.75) is 4.90 Å². The van der Waals surface area contributed by atoms with Crippen LogP contribution in [0.1, 0.15) is 5.56 Å². The highest BCUT2D eigenvalue weighted by molar-refractivity contribution is 7.92. The van der Waals surface area contributed by atoms with E-state index in [0.717, 1.165) is 11.3 Å². The average molecular weight is 393 g/mol. The molecular formula is C21H19N3O3S. The molecular weight excluding hydrogens is 374 g/mol. The van der Waals surface area contributed by atoms with Gasteiger partial charge in [-0.05, 0) is 54.1 Å². The van der Waals surface area contributed by atoms with E-state index in [2.05, 4.69) is 21.3 Å². The first kappa shape index (κ1) is 19.3. The molecule has 28 heavy (non-hydrogen) atoms. The summed E-state index contributed by atoms with van der Waals surface area (Å²) in [6.07, 6.45) is 4.89. The van der Waals surface area contributed by atoms with E-state index in [1.54, 1.807) is 42.6 Å². The molecule has 7 heteroatoms. The van der Waals surface area contributed by atoms with Crippen LogP contribution in [0.4, 0.5) is 11.5 Å². The molecule has 0 saturated carbocycles. The monoisotopic (exact) mass is 393 g/mol. The van der Waals surface area contributed by atoms with Crippen molar-refractivity contribution in [3.05, 3.63) is 91.1 Å². The van der Waals surface area contributed by atoms with E-state index < -0.39 is 10.0 Å². The van der Waals surface area contributed by atoms with Crippen LogP contribution < -0.4 is 9.46 Å². The number of hydrogen-bond acceptors (Lipinski definition) is 5. The summed E-state index contributed by atoms with van der Waals surface area (Å²) in [7, 11) is -3.70. The van der Waals surface area contributed by atoms with E-state index in [9.17, 15) is 8.42 Å². The molecule has 0 aliphatic carbocycles. The van der Waals surface area contributed by atoms with Crippen molar-refractivity contribution in [3.63, 3.8) is 0 Å². The maximum absolute atomic E-state index is 12.4. The molecule has 0 aliphatic rings. The zero-order valence-electron chi connectivity index (χ0n) is 15.0. The van der Waals surface area contributed by atoms with E-state index in [-0.39, 0.29) is 10.7 Å². The number of ether oxygens (including phenoxy) is 1. The highest BCUT2D eigenvalue weighted by atomic mass is 32.2. The first-order valence-corrected chi connectivity index (χ1v) is 9.97. The Hall–Kier alpha value is -3.45. The number of rotatable bonds is 8. The second-order valence-electron chi connectivity index (χ2n) is 5.74. The van der Waals surface area contributed by atoms with Gasteiger partial charge in [0.05, 0.1) is 10.6 Å². The van der Waals surface area contributed by atoms with Gasteiger partial charge in [-0.25, -0.2) is 13.4 Å². The third-order valence-electron chi connectivity index (χ3n) is 3.64.